The molecule has 0 fully saturated rings. The molecule has 0 spiro atoms. The first-order valence-electron chi connectivity index (χ1n) is 7.07. The van der Waals surface area contributed by atoms with Gasteiger partial charge in [0.1, 0.15) is 16.3 Å². The molecule has 0 saturated carbocycles. The van der Waals surface area contributed by atoms with Crippen LogP contribution in [0, 0.1) is 6.92 Å². The average molecular weight is 342 g/mol. The van der Waals surface area contributed by atoms with Crippen LogP contribution in [0.25, 0.3) is 10.8 Å². The van der Waals surface area contributed by atoms with Crippen molar-refractivity contribution >= 4 is 32.3 Å². The van der Waals surface area contributed by atoms with Crippen molar-refractivity contribution < 1.29 is 18.1 Å². The number of hydrogen-bond acceptors (Lipinski definition) is 5. The molecule has 3 rings (SSSR count). The first-order chi connectivity index (χ1) is 11.4. The zero-order valence-electron chi connectivity index (χ0n) is 12.7. The number of phenolic OH excluding ortho intramolecular Hbond substituents is 1. The van der Waals surface area contributed by atoms with Crippen molar-refractivity contribution in [3.63, 3.8) is 0 Å². The lowest BCUT2D eigenvalue weighted by Gasteiger charge is -2.06. The first-order valence-corrected chi connectivity index (χ1v) is 8.51. The summed E-state index contributed by atoms with van der Waals surface area (Å²) in [5.74, 6) is 0.00297. The maximum atomic E-state index is 11.5. The molecule has 3 aromatic carbocycles. The molecule has 3 aromatic rings. The third-order valence-corrected chi connectivity index (χ3v) is 4.45. The van der Waals surface area contributed by atoms with E-state index in [1.165, 1.54) is 18.2 Å². The molecule has 2 N–H and O–H groups in total. The average Bonchev–Trinajstić information content (AvgIpc) is 2.54. The standard InChI is InChI=1S/C17H14N2O4S/c1-11-6-8-16(20)15(10-11)19-18-14-7-9-17(24(21,22)23)13-5-3-2-4-12(13)14/h2-10,20H,1H3,(H,21,22,23). The zero-order chi connectivity index (χ0) is 17.3. The minimum atomic E-state index is -4.34. The molecule has 0 saturated heterocycles. The van der Waals surface area contributed by atoms with Gasteiger partial charge in [-0.2, -0.15) is 8.42 Å². The van der Waals surface area contributed by atoms with Gasteiger partial charge in [-0.1, -0.05) is 30.3 Å². The molecule has 0 aromatic heterocycles. The van der Waals surface area contributed by atoms with Gasteiger partial charge >= 0.3 is 0 Å². The minimum Gasteiger partial charge on any atom is -0.506 e. The number of aryl methyl sites for hydroxylation is 1. The van der Waals surface area contributed by atoms with Crippen molar-refractivity contribution in [3.05, 3.63) is 60.2 Å². The van der Waals surface area contributed by atoms with E-state index in [2.05, 4.69) is 10.2 Å². The molecule has 122 valence electrons. The van der Waals surface area contributed by atoms with Gasteiger partial charge in [0.05, 0.1) is 5.69 Å². The Hall–Kier alpha value is -2.77. The molecule has 6 nitrogen and oxygen atoms in total. The van der Waals surface area contributed by atoms with Crippen LogP contribution in [0.2, 0.25) is 0 Å². The van der Waals surface area contributed by atoms with Crippen molar-refractivity contribution in [1.29, 1.82) is 0 Å². The second kappa shape index (κ2) is 6.03. The summed E-state index contributed by atoms with van der Waals surface area (Å²) in [6.07, 6.45) is 0. The highest BCUT2D eigenvalue weighted by Crippen LogP contribution is 2.34. The van der Waals surface area contributed by atoms with E-state index in [0.29, 0.717) is 22.1 Å². The molecular weight excluding hydrogens is 328 g/mol. The Bertz CT molecular complexity index is 1060. The first kappa shape index (κ1) is 16.1. The summed E-state index contributed by atoms with van der Waals surface area (Å²) in [6, 6.07) is 14.4. The third-order valence-electron chi connectivity index (χ3n) is 3.54. The van der Waals surface area contributed by atoms with E-state index < -0.39 is 10.1 Å². The highest BCUT2D eigenvalue weighted by molar-refractivity contribution is 7.86. The van der Waals surface area contributed by atoms with Gasteiger partial charge in [-0.3, -0.25) is 4.55 Å². The number of phenols is 1. The van der Waals surface area contributed by atoms with Crippen molar-refractivity contribution in [3.8, 4) is 5.75 Å². The molecule has 0 unspecified atom stereocenters. The van der Waals surface area contributed by atoms with E-state index in [9.17, 15) is 18.1 Å². The molecule has 0 amide bonds. The fourth-order valence-corrected chi connectivity index (χ4v) is 3.08. The molecule has 7 heteroatoms. The summed E-state index contributed by atoms with van der Waals surface area (Å²) in [7, 11) is -4.34. The van der Waals surface area contributed by atoms with Gasteiger partial charge in [-0.05, 0) is 36.8 Å². The van der Waals surface area contributed by atoms with Crippen LogP contribution in [0.1, 0.15) is 5.56 Å². The largest absolute Gasteiger partial charge is 0.506 e. The van der Waals surface area contributed by atoms with Gasteiger partial charge in [0.25, 0.3) is 10.1 Å². The van der Waals surface area contributed by atoms with E-state index >= 15 is 0 Å². The molecule has 0 radical (unpaired) electrons. The molecule has 0 heterocycles. The predicted octanol–water partition coefficient (Wildman–Crippen LogP) is 4.52. The maximum Gasteiger partial charge on any atom is 0.295 e. The maximum absolute atomic E-state index is 11.5. The predicted molar refractivity (Wildman–Crippen MR) is 90.8 cm³/mol. The summed E-state index contributed by atoms with van der Waals surface area (Å²) in [6.45, 7) is 1.87. The number of benzene rings is 3. The van der Waals surface area contributed by atoms with Crippen molar-refractivity contribution in [1.82, 2.24) is 0 Å². The molecule has 0 aliphatic rings. The Morgan fingerprint density at radius 2 is 1.54 bits per heavy atom. The van der Waals surface area contributed by atoms with E-state index in [4.69, 9.17) is 0 Å². The number of aromatic hydroxyl groups is 1. The number of azo groups is 1. The Morgan fingerprint density at radius 1 is 0.875 bits per heavy atom. The van der Waals surface area contributed by atoms with Gasteiger partial charge in [0.15, 0.2) is 0 Å². The number of nitrogens with zero attached hydrogens (tertiary/aromatic N) is 2. The van der Waals surface area contributed by atoms with Crippen LogP contribution in [-0.2, 0) is 10.1 Å². The zero-order valence-corrected chi connectivity index (χ0v) is 13.5. The lowest BCUT2D eigenvalue weighted by Crippen LogP contribution is -1.98. The van der Waals surface area contributed by atoms with Gasteiger partial charge in [-0.25, -0.2) is 0 Å². The molecule has 0 aliphatic heterocycles. The van der Waals surface area contributed by atoms with Crippen LogP contribution >= 0.6 is 0 Å². The smallest absolute Gasteiger partial charge is 0.295 e. The number of hydrogen-bond donors (Lipinski definition) is 2. The molecule has 0 bridgehead atoms. The second-order valence-corrected chi connectivity index (χ2v) is 6.69. The quantitative estimate of drug-likeness (QED) is 0.540. The lowest BCUT2D eigenvalue weighted by atomic mass is 10.1. The monoisotopic (exact) mass is 342 g/mol. The fourth-order valence-electron chi connectivity index (χ4n) is 2.39. The van der Waals surface area contributed by atoms with Crippen LogP contribution in [-0.4, -0.2) is 18.1 Å². The summed E-state index contributed by atoms with van der Waals surface area (Å²) in [5, 5.41) is 18.9. The third kappa shape index (κ3) is 3.12. The van der Waals surface area contributed by atoms with E-state index in [1.54, 1.807) is 36.4 Å². The normalized spacial score (nSPS) is 12.1. The highest BCUT2D eigenvalue weighted by atomic mass is 32.2. The van der Waals surface area contributed by atoms with Crippen LogP contribution < -0.4 is 0 Å². The molecule has 0 atom stereocenters. The van der Waals surface area contributed by atoms with Crippen LogP contribution in [0.15, 0.2) is 69.7 Å². The van der Waals surface area contributed by atoms with E-state index in [1.807, 2.05) is 6.92 Å². The summed E-state index contributed by atoms with van der Waals surface area (Å²) in [5.41, 5.74) is 1.67. The highest BCUT2D eigenvalue weighted by Gasteiger charge is 2.15. The second-order valence-electron chi connectivity index (χ2n) is 5.30. The Balaban J connectivity index is 2.15. The van der Waals surface area contributed by atoms with Crippen LogP contribution in [0.3, 0.4) is 0 Å². The van der Waals surface area contributed by atoms with Crippen molar-refractivity contribution in [2.75, 3.05) is 0 Å². The number of fused-ring (bicyclic) bond motifs is 1. The topological polar surface area (TPSA) is 99.3 Å². The number of rotatable bonds is 3. The summed E-state index contributed by atoms with van der Waals surface area (Å²) in [4.78, 5) is -0.185. The summed E-state index contributed by atoms with van der Waals surface area (Å²) < 4.78 is 32.3. The molecular formula is C17H14N2O4S. The van der Waals surface area contributed by atoms with Gasteiger partial charge < -0.3 is 5.11 Å². The SMILES string of the molecule is Cc1ccc(O)c(N=Nc2ccc(S(=O)(=O)O)c3ccccc23)c1. The van der Waals surface area contributed by atoms with Gasteiger partial charge in [-0.15, -0.1) is 10.2 Å². The summed E-state index contributed by atoms with van der Waals surface area (Å²) >= 11 is 0. The van der Waals surface area contributed by atoms with Gasteiger partial charge in [0, 0.05) is 10.8 Å². The Labute approximate surface area is 138 Å². The van der Waals surface area contributed by atoms with Gasteiger partial charge in [0.2, 0.25) is 0 Å². The van der Waals surface area contributed by atoms with Crippen LogP contribution in [0.5, 0.6) is 5.75 Å². The van der Waals surface area contributed by atoms with E-state index in [-0.39, 0.29) is 10.6 Å². The Morgan fingerprint density at radius 3 is 2.25 bits per heavy atom. The van der Waals surface area contributed by atoms with Crippen LogP contribution in [0.4, 0.5) is 11.4 Å². The van der Waals surface area contributed by atoms with E-state index in [0.717, 1.165) is 5.56 Å². The van der Waals surface area contributed by atoms with Crippen molar-refractivity contribution in [2.45, 2.75) is 11.8 Å². The van der Waals surface area contributed by atoms with Crippen molar-refractivity contribution in [2.24, 2.45) is 10.2 Å². The minimum absolute atomic E-state index is 0.00297. The molecule has 24 heavy (non-hydrogen) atoms. The fraction of sp³-hybridized carbons (Fsp3) is 0.0588. The lowest BCUT2D eigenvalue weighted by molar-refractivity contribution is 0.476. The Kier molecular flexibility index (Phi) is 4.04. The molecule has 0 aliphatic carbocycles.